The van der Waals surface area contributed by atoms with Crippen LogP contribution in [-0.2, 0) is 13.0 Å². The lowest BCUT2D eigenvalue weighted by Crippen LogP contribution is -2.23. The molecule has 5 aromatic rings. The molecule has 0 spiro atoms. The highest BCUT2D eigenvalue weighted by Gasteiger charge is 2.19. The van der Waals surface area contributed by atoms with Crippen LogP contribution in [0.15, 0.2) is 45.3 Å². The van der Waals surface area contributed by atoms with Gasteiger partial charge in [0.15, 0.2) is 5.82 Å². The molecule has 162 valence electrons. The van der Waals surface area contributed by atoms with Crippen LogP contribution in [-0.4, -0.2) is 30.7 Å². The second kappa shape index (κ2) is 7.93. The van der Waals surface area contributed by atoms with Crippen molar-refractivity contribution < 1.29 is 14.4 Å². The number of fused-ring (bicyclic) bond motifs is 2. The molecular weight excluding hydrogens is 450 g/mol. The van der Waals surface area contributed by atoms with E-state index in [4.69, 9.17) is 10.3 Å². The Morgan fingerprint density at radius 3 is 3.00 bits per heavy atom. The van der Waals surface area contributed by atoms with Crippen molar-refractivity contribution in [2.45, 2.75) is 26.0 Å². The number of hydrogen-bond acceptors (Lipinski definition) is 9. The minimum Gasteiger partial charge on any atom is -0.387 e. The maximum atomic E-state index is 12.8. The van der Waals surface area contributed by atoms with Crippen LogP contribution in [0.1, 0.15) is 38.6 Å². The van der Waals surface area contributed by atoms with Gasteiger partial charge in [0.1, 0.15) is 11.4 Å². The third-order valence-corrected chi connectivity index (χ3v) is 7.13. The van der Waals surface area contributed by atoms with E-state index in [0.717, 1.165) is 20.5 Å². The van der Waals surface area contributed by atoms with Gasteiger partial charge in [-0.3, -0.25) is 14.2 Å². The molecular formula is C21H17N5O4S2. The zero-order chi connectivity index (χ0) is 22.4. The van der Waals surface area contributed by atoms with Crippen LogP contribution < -0.4 is 11.3 Å². The highest BCUT2D eigenvalue weighted by atomic mass is 32.1. The minimum atomic E-state index is -0.775. The molecule has 0 bridgehead atoms. The maximum absolute atomic E-state index is 12.8. The number of aliphatic hydroxyl groups excluding tert-OH is 1. The SMILES string of the molecule is Cc1ccc2cc([C@@H](O)Cc3noc(Cn4cnc5scc(C(N)=O)c5c4=O)n3)sc2c1. The Morgan fingerprint density at radius 1 is 1.34 bits per heavy atom. The first-order valence-corrected chi connectivity index (χ1v) is 11.3. The summed E-state index contributed by atoms with van der Waals surface area (Å²) in [4.78, 5) is 34.1. The van der Waals surface area contributed by atoms with Crippen molar-refractivity contribution in [2.24, 2.45) is 5.73 Å². The van der Waals surface area contributed by atoms with E-state index in [2.05, 4.69) is 21.2 Å². The lowest BCUT2D eigenvalue weighted by atomic mass is 10.1. The number of nitrogens with zero attached hydrogens (tertiary/aromatic N) is 4. The molecule has 0 aliphatic carbocycles. The highest BCUT2D eigenvalue weighted by Crippen LogP contribution is 2.31. The molecule has 0 radical (unpaired) electrons. The molecule has 32 heavy (non-hydrogen) atoms. The standard InChI is InChI=1S/C21H17N5O4S2/c1-10-2-3-11-5-15(32-14(11)4-10)13(27)6-16-24-17(30-25-16)7-26-9-23-20-18(21(26)29)12(8-31-20)19(22)28/h2-5,8-9,13,27H,6-7H2,1H3,(H2,22,28)/t13-/m0/s1. The van der Waals surface area contributed by atoms with Crippen molar-refractivity contribution in [3.05, 3.63) is 74.0 Å². The number of amides is 1. The Kier molecular flexibility index (Phi) is 5.08. The predicted octanol–water partition coefficient (Wildman–Crippen LogP) is 2.79. The van der Waals surface area contributed by atoms with Gasteiger partial charge >= 0.3 is 0 Å². The molecule has 1 amide bonds. The Morgan fingerprint density at radius 2 is 2.19 bits per heavy atom. The van der Waals surface area contributed by atoms with Gasteiger partial charge in [-0.1, -0.05) is 17.3 Å². The quantitative estimate of drug-likeness (QED) is 0.392. The van der Waals surface area contributed by atoms with Gasteiger partial charge in [-0.25, -0.2) is 4.98 Å². The summed E-state index contributed by atoms with van der Waals surface area (Å²) in [7, 11) is 0. The Bertz CT molecular complexity index is 1530. The molecule has 1 atom stereocenters. The van der Waals surface area contributed by atoms with Gasteiger partial charge in [0, 0.05) is 21.4 Å². The van der Waals surface area contributed by atoms with Crippen LogP contribution in [0.4, 0.5) is 0 Å². The average molecular weight is 468 g/mol. The van der Waals surface area contributed by atoms with Crippen molar-refractivity contribution in [1.29, 1.82) is 0 Å². The van der Waals surface area contributed by atoms with Gasteiger partial charge in [-0.2, -0.15) is 4.98 Å². The smallest absolute Gasteiger partial charge is 0.263 e. The number of aryl methyl sites for hydroxylation is 1. The molecule has 4 aromatic heterocycles. The van der Waals surface area contributed by atoms with Gasteiger partial charge in [-0.15, -0.1) is 22.7 Å². The zero-order valence-electron chi connectivity index (χ0n) is 16.8. The number of aromatic nitrogens is 4. The molecule has 0 aliphatic rings. The summed E-state index contributed by atoms with van der Waals surface area (Å²) in [5.41, 5.74) is 6.25. The number of benzene rings is 1. The van der Waals surface area contributed by atoms with Crippen LogP contribution in [0.3, 0.4) is 0 Å². The van der Waals surface area contributed by atoms with Crippen molar-refractivity contribution >= 4 is 48.9 Å². The summed E-state index contributed by atoms with van der Waals surface area (Å²) in [6, 6.07) is 8.11. The largest absolute Gasteiger partial charge is 0.387 e. The maximum Gasteiger partial charge on any atom is 0.263 e. The van der Waals surface area contributed by atoms with E-state index in [-0.39, 0.29) is 29.8 Å². The second-order valence-corrected chi connectivity index (χ2v) is 9.36. The van der Waals surface area contributed by atoms with E-state index in [0.29, 0.717) is 10.7 Å². The lowest BCUT2D eigenvalue weighted by Gasteiger charge is -2.04. The topological polar surface area (TPSA) is 137 Å². The fourth-order valence-electron chi connectivity index (χ4n) is 3.44. The van der Waals surface area contributed by atoms with Gasteiger partial charge in [-0.05, 0) is 30.0 Å². The van der Waals surface area contributed by atoms with E-state index in [1.54, 1.807) is 0 Å². The van der Waals surface area contributed by atoms with E-state index in [9.17, 15) is 14.7 Å². The number of primary amides is 1. The normalized spacial score (nSPS) is 12.6. The van der Waals surface area contributed by atoms with Crippen molar-refractivity contribution in [2.75, 3.05) is 0 Å². The molecule has 9 nitrogen and oxygen atoms in total. The van der Waals surface area contributed by atoms with Crippen LogP contribution in [0.2, 0.25) is 0 Å². The minimum absolute atomic E-state index is 0.0128. The van der Waals surface area contributed by atoms with Crippen molar-refractivity contribution in [3.8, 4) is 0 Å². The number of carbonyl (C=O) groups excluding carboxylic acids is 1. The molecule has 11 heteroatoms. The van der Waals surface area contributed by atoms with Gasteiger partial charge in [0.25, 0.3) is 5.56 Å². The van der Waals surface area contributed by atoms with Crippen LogP contribution in [0.25, 0.3) is 20.3 Å². The molecule has 4 heterocycles. The summed E-state index contributed by atoms with van der Waals surface area (Å²) < 4.78 is 7.65. The fourth-order valence-corrected chi connectivity index (χ4v) is 5.48. The molecule has 3 N–H and O–H groups in total. The zero-order valence-corrected chi connectivity index (χ0v) is 18.4. The highest BCUT2D eigenvalue weighted by molar-refractivity contribution is 7.19. The molecule has 0 fully saturated rings. The number of hydrogen-bond donors (Lipinski definition) is 2. The van der Waals surface area contributed by atoms with E-state index < -0.39 is 17.6 Å². The van der Waals surface area contributed by atoms with Crippen LogP contribution in [0, 0.1) is 6.92 Å². The number of nitrogens with two attached hydrogens (primary N) is 1. The van der Waals surface area contributed by atoms with E-state index in [1.807, 2.05) is 25.1 Å². The predicted molar refractivity (Wildman–Crippen MR) is 121 cm³/mol. The monoisotopic (exact) mass is 467 g/mol. The first-order chi connectivity index (χ1) is 15.4. The molecule has 0 saturated carbocycles. The summed E-state index contributed by atoms with van der Waals surface area (Å²) >= 11 is 2.71. The molecule has 1 aromatic carbocycles. The van der Waals surface area contributed by atoms with Gasteiger partial charge < -0.3 is 15.4 Å². The molecule has 0 unspecified atom stereocenters. The summed E-state index contributed by atoms with van der Waals surface area (Å²) in [5, 5.41) is 17.3. The Hall–Kier alpha value is -3.41. The Balaban J connectivity index is 1.35. The van der Waals surface area contributed by atoms with E-state index >= 15 is 0 Å². The molecule has 5 rings (SSSR count). The number of thiophene rings is 2. The molecule has 0 saturated heterocycles. The second-order valence-electron chi connectivity index (χ2n) is 7.39. The number of aliphatic hydroxyl groups is 1. The van der Waals surface area contributed by atoms with Gasteiger partial charge in [0.2, 0.25) is 11.8 Å². The summed E-state index contributed by atoms with van der Waals surface area (Å²) in [6.07, 6.45) is 0.768. The van der Waals surface area contributed by atoms with E-state index in [1.165, 1.54) is 38.9 Å². The Labute approximate surface area is 188 Å². The van der Waals surface area contributed by atoms with Crippen LogP contribution in [0.5, 0.6) is 0 Å². The lowest BCUT2D eigenvalue weighted by molar-refractivity contribution is 0.100. The van der Waals surface area contributed by atoms with Crippen LogP contribution >= 0.6 is 22.7 Å². The first-order valence-electron chi connectivity index (χ1n) is 9.65. The first kappa shape index (κ1) is 20.5. The fraction of sp³-hybridized carbons (Fsp3) is 0.190. The number of carbonyl (C=O) groups is 1. The van der Waals surface area contributed by atoms with Crippen molar-refractivity contribution in [1.82, 2.24) is 19.7 Å². The summed E-state index contributed by atoms with van der Waals surface area (Å²) in [6.45, 7) is 2.02. The number of rotatable bonds is 6. The average Bonchev–Trinajstić information content (AvgIpc) is 3.48. The summed E-state index contributed by atoms with van der Waals surface area (Å²) in [5.74, 6) is -0.159. The van der Waals surface area contributed by atoms with Crippen molar-refractivity contribution in [3.63, 3.8) is 0 Å². The third kappa shape index (κ3) is 3.70. The molecule has 0 aliphatic heterocycles. The third-order valence-electron chi connectivity index (χ3n) is 5.04. The van der Waals surface area contributed by atoms with Gasteiger partial charge in [0.05, 0.1) is 23.4 Å².